The lowest BCUT2D eigenvalue weighted by Gasteiger charge is -2.19. The molecule has 30 heavy (non-hydrogen) atoms. The molecular weight excluding hydrogens is 424 g/mol. The van der Waals surface area contributed by atoms with Crippen molar-refractivity contribution < 1.29 is 22.7 Å². The number of carbonyl (C=O) groups excluding carboxylic acids is 1. The molecule has 0 unspecified atom stereocenters. The molecule has 0 aliphatic heterocycles. The van der Waals surface area contributed by atoms with Crippen LogP contribution >= 0.6 is 11.6 Å². The lowest BCUT2D eigenvalue weighted by molar-refractivity contribution is -0.157. The van der Waals surface area contributed by atoms with Crippen molar-refractivity contribution in [1.82, 2.24) is 0 Å². The molecule has 7 heteroatoms. The SMILES string of the molecule is CCCS(=O)(=O)c1cccc(C#Cc2c(Cl)cccc2OCC(=O)OC(C)(C)C)c1. The molecule has 0 N–H and O–H groups in total. The van der Waals surface area contributed by atoms with E-state index in [1.165, 1.54) is 6.07 Å². The number of ether oxygens (including phenoxy) is 2. The first-order valence-corrected chi connectivity index (χ1v) is 11.5. The molecule has 2 aromatic carbocycles. The van der Waals surface area contributed by atoms with Crippen molar-refractivity contribution >= 4 is 27.4 Å². The third-order valence-electron chi connectivity index (χ3n) is 3.74. The van der Waals surface area contributed by atoms with Crippen LogP contribution in [0.2, 0.25) is 5.02 Å². The summed E-state index contributed by atoms with van der Waals surface area (Å²) in [6.45, 7) is 6.86. The van der Waals surface area contributed by atoms with Crippen molar-refractivity contribution in [1.29, 1.82) is 0 Å². The number of benzene rings is 2. The molecule has 0 aliphatic carbocycles. The van der Waals surface area contributed by atoms with Crippen molar-refractivity contribution in [2.75, 3.05) is 12.4 Å². The van der Waals surface area contributed by atoms with Gasteiger partial charge in [0.1, 0.15) is 11.4 Å². The maximum atomic E-state index is 12.3. The molecule has 2 aromatic rings. The maximum Gasteiger partial charge on any atom is 0.344 e. The van der Waals surface area contributed by atoms with Gasteiger partial charge in [0.2, 0.25) is 0 Å². The largest absolute Gasteiger partial charge is 0.481 e. The average molecular weight is 449 g/mol. The Labute approximate surface area is 183 Å². The molecule has 0 radical (unpaired) electrons. The van der Waals surface area contributed by atoms with E-state index in [1.54, 1.807) is 57.2 Å². The second-order valence-electron chi connectivity index (χ2n) is 7.58. The number of halogens is 1. The summed E-state index contributed by atoms with van der Waals surface area (Å²) in [6, 6.07) is 11.5. The summed E-state index contributed by atoms with van der Waals surface area (Å²) < 4.78 is 35.4. The predicted octanol–water partition coefficient (Wildman–Crippen LogP) is 4.64. The Bertz CT molecular complexity index is 1070. The smallest absolute Gasteiger partial charge is 0.344 e. The molecule has 0 aliphatic rings. The first-order chi connectivity index (χ1) is 14.0. The Morgan fingerprint density at radius 1 is 1.10 bits per heavy atom. The second kappa shape index (κ2) is 10.0. The van der Waals surface area contributed by atoms with Gasteiger partial charge in [0, 0.05) is 5.56 Å². The van der Waals surface area contributed by atoms with E-state index >= 15 is 0 Å². The second-order valence-corrected chi connectivity index (χ2v) is 10.1. The van der Waals surface area contributed by atoms with Crippen molar-refractivity contribution in [2.45, 2.75) is 44.6 Å². The predicted molar refractivity (Wildman–Crippen MR) is 118 cm³/mol. The molecule has 0 heterocycles. The first kappa shape index (κ1) is 23.8. The van der Waals surface area contributed by atoms with Gasteiger partial charge in [-0.3, -0.25) is 0 Å². The normalized spacial score (nSPS) is 11.4. The molecule has 0 fully saturated rings. The number of esters is 1. The highest BCUT2D eigenvalue weighted by Gasteiger charge is 2.17. The Hall–Kier alpha value is -2.49. The number of hydrogen-bond acceptors (Lipinski definition) is 5. The van der Waals surface area contributed by atoms with Crippen LogP contribution in [0.25, 0.3) is 0 Å². The van der Waals surface area contributed by atoms with Gasteiger partial charge >= 0.3 is 5.97 Å². The monoisotopic (exact) mass is 448 g/mol. The molecule has 0 bridgehead atoms. The minimum Gasteiger partial charge on any atom is -0.481 e. The number of sulfone groups is 1. The lowest BCUT2D eigenvalue weighted by atomic mass is 10.1. The van der Waals surface area contributed by atoms with E-state index in [-0.39, 0.29) is 17.3 Å². The molecule has 5 nitrogen and oxygen atoms in total. The van der Waals surface area contributed by atoms with Crippen LogP contribution in [0.1, 0.15) is 45.2 Å². The Morgan fingerprint density at radius 3 is 2.47 bits per heavy atom. The fraction of sp³-hybridized carbons (Fsp3) is 0.348. The zero-order valence-electron chi connectivity index (χ0n) is 17.5. The highest BCUT2D eigenvalue weighted by Crippen LogP contribution is 2.26. The van der Waals surface area contributed by atoms with Gasteiger partial charge in [0.25, 0.3) is 0 Å². The van der Waals surface area contributed by atoms with Crippen molar-refractivity contribution in [3.63, 3.8) is 0 Å². The topological polar surface area (TPSA) is 69.7 Å². The summed E-state index contributed by atoms with van der Waals surface area (Å²) in [5.41, 5.74) is 0.329. The Morgan fingerprint density at radius 2 is 1.80 bits per heavy atom. The maximum absolute atomic E-state index is 12.3. The van der Waals surface area contributed by atoms with Gasteiger partial charge < -0.3 is 9.47 Å². The van der Waals surface area contributed by atoms with Gasteiger partial charge in [0.15, 0.2) is 16.4 Å². The van der Waals surface area contributed by atoms with E-state index in [4.69, 9.17) is 21.1 Å². The zero-order chi connectivity index (χ0) is 22.4. The van der Waals surface area contributed by atoms with Gasteiger partial charge in [0.05, 0.1) is 21.2 Å². The van der Waals surface area contributed by atoms with Gasteiger partial charge in [-0.05, 0) is 57.5 Å². The van der Waals surface area contributed by atoms with Gasteiger partial charge in [-0.2, -0.15) is 0 Å². The summed E-state index contributed by atoms with van der Waals surface area (Å²) in [6.07, 6.45) is 0.538. The summed E-state index contributed by atoms with van der Waals surface area (Å²) in [7, 11) is -3.34. The molecule has 0 atom stereocenters. The van der Waals surface area contributed by atoms with Crippen molar-refractivity contribution in [2.24, 2.45) is 0 Å². The van der Waals surface area contributed by atoms with Crippen LogP contribution in [0.15, 0.2) is 47.4 Å². The average Bonchev–Trinajstić information content (AvgIpc) is 2.64. The quantitative estimate of drug-likeness (QED) is 0.475. The fourth-order valence-corrected chi connectivity index (χ4v) is 4.12. The van der Waals surface area contributed by atoms with E-state index in [0.717, 1.165) is 0 Å². The standard InChI is InChI=1S/C23H25ClO5S/c1-5-14-30(26,27)18-9-6-8-17(15-18)12-13-19-20(24)10-7-11-21(19)28-16-22(25)29-23(2,3)4/h6-11,15H,5,14,16H2,1-4H3. The lowest BCUT2D eigenvalue weighted by Crippen LogP contribution is -2.27. The van der Waals surface area contributed by atoms with Crippen LogP contribution in [-0.4, -0.2) is 32.3 Å². The van der Waals surface area contributed by atoms with E-state index in [0.29, 0.717) is 28.3 Å². The van der Waals surface area contributed by atoms with Gasteiger partial charge in [-0.15, -0.1) is 0 Å². The summed E-state index contributed by atoms with van der Waals surface area (Å²) in [4.78, 5) is 12.2. The Balaban J connectivity index is 2.27. The number of hydrogen-bond donors (Lipinski definition) is 0. The third kappa shape index (κ3) is 7.08. The van der Waals surface area contributed by atoms with Crippen LogP contribution in [0.3, 0.4) is 0 Å². The highest BCUT2D eigenvalue weighted by molar-refractivity contribution is 7.91. The molecule has 160 valence electrons. The molecule has 0 aromatic heterocycles. The zero-order valence-corrected chi connectivity index (χ0v) is 19.1. The minimum atomic E-state index is -3.34. The summed E-state index contributed by atoms with van der Waals surface area (Å²) in [5, 5.41) is 0.360. The molecule has 0 amide bonds. The molecule has 2 rings (SSSR count). The van der Waals surface area contributed by atoms with Crippen LogP contribution < -0.4 is 4.74 Å². The Kier molecular flexibility index (Phi) is 7.94. The van der Waals surface area contributed by atoms with E-state index in [1.807, 2.05) is 6.92 Å². The van der Waals surface area contributed by atoms with Crippen LogP contribution in [0.4, 0.5) is 0 Å². The molecule has 0 saturated heterocycles. The number of carbonyl (C=O) groups is 1. The minimum absolute atomic E-state index is 0.0804. The third-order valence-corrected chi connectivity index (χ3v) is 5.97. The summed E-state index contributed by atoms with van der Waals surface area (Å²) >= 11 is 6.27. The van der Waals surface area contributed by atoms with E-state index < -0.39 is 21.4 Å². The van der Waals surface area contributed by atoms with E-state index in [9.17, 15) is 13.2 Å². The summed E-state index contributed by atoms with van der Waals surface area (Å²) in [5.74, 6) is 5.77. The van der Waals surface area contributed by atoms with Gasteiger partial charge in [-0.1, -0.05) is 42.5 Å². The van der Waals surface area contributed by atoms with E-state index in [2.05, 4.69) is 11.8 Å². The van der Waals surface area contributed by atoms with Crippen LogP contribution in [0.5, 0.6) is 5.75 Å². The molecular formula is C23H25ClO5S. The number of rotatable bonds is 6. The fourth-order valence-electron chi connectivity index (χ4n) is 2.54. The van der Waals surface area contributed by atoms with Crippen LogP contribution in [0, 0.1) is 11.8 Å². The highest BCUT2D eigenvalue weighted by atomic mass is 35.5. The first-order valence-electron chi connectivity index (χ1n) is 9.50. The molecule has 0 spiro atoms. The van der Waals surface area contributed by atoms with Crippen LogP contribution in [-0.2, 0) is 19.4 Å². The van der Waals surface area contributed by atoms with Crippen molar-refractivity contribution in [3.05, 3.63) is 58.6 Å². The van der Waals surface area contributed by atoms with Gasteiger partial charge in [-0.25, -0.2) is 13.2 Å². The van der Waals surface area contributed by atoms with Crippen molar-refractivity contribution in [3.8, 4) is 17.6 Å². The molecule has 0 saturated carbocycles.